The minimum absolute atomic E-state index is 0.207. The summed E-state index contributed by atoms with van der Waals surface area (Å²) in [6.45, 7) is 0. The van der Waals surface area contributed by atoms with Gasteiger partial charge in [-0.15, -0.1) is 0 Å². The number of benzene rings is 1. The van der Waals surface area contributed by atoms with Crippen molar-refractivity contribution in [3.8, 4) is 11.6 Å². The predicted molar refractivity (Wildman–Crippen MR) is 65.6 cm³/mol. The molecule has 0 aliphatic carbocycles. The Labute approximate surface area is 109 Å². The molecule has 1 N–H and O–H groups in total. The molecule has 0 bridgehead atoms. The van der Waals surface area contributed by atoms with Crippen LogP contribution in [0.15, 0.2) is 47.5 Å². The topological polar surface area (TPSA) is 76.5 Å². The van der Waals surface area contributed by atoms with E-state index in [1.165, 1.54) is 30.5 Å². The third-order valence-electron chi connectivity index (χ3n) is 2.06. The van der Waals surface area contributed by atoms with Gasteiger partial charge in [0.15, 0.2) is 0 Å². The Morgan fingerprint density at radius 1 is 1.17 bits per heavy atom. The highest BCUT2D eigenvalue weighted by atomic mass is 35.5. The smallest absolute Gasteiger partial charge is 0.294 e. The van der Waals surface area contributed by atoms with Crippen molar-refractivity contribution in [1.29, 1.82) is 0 Å². The normalized spacial score (nSPS) is 11.2. The largest absolute Gasteiger partial charge is 0.438 e. The molecule has 2 aromatic rings. The molecule has 0 fully saturated rings. The van der Waals surface area contributed by atoms with Crippen molar-refractivity contribution in [2.45, 2.75) is 4.90 Å². The van der Waals surface area contributed by atoms with Crippen LogP contribution in [0.1, 0.15) is 0 Å². The maximum Gasteiger partial charge on any atom is 0.294 e. The average Bonchev–Trinajstić information content (AvgIpc) is 2.32. The van der Waals surface area contributed by atoms with Crippen LogP contribution in [0.2, 0.25) is 5.02 Å². The van der Waals surface area contributed by atoms with E-state index in [2.05, 4.69) is 4.98 Å². The van der Waals surface area contributed by atoms with Crippen molar-refractivity contribution < 1.29 is 17.7 Å². The van der Waals surface area contributed by atoms with Gasteiger partial charge in [-0.25, -0.2) is 4.98 Å². The van der Waals surface area contributed by atoms with Crippen molar-refractivity contribution >= 4 is 21.7 Å². The summed E-state index contributed by atoms with van der Waals surface area (Å²) in [7, 11) is -4.20. The number of nitrogens with zero attached hydrogens (tertiary/aromatic N) is 1. The minimum Gasteiger partial charge on any atom is -0.438 e. The average molecular weight is 286 g/mol. The Bertz CT molecular complexity index is 655. The number of pyridine rings is 1. The summed E-state index contributed by atoms with van der Waals surface area (Å²) in [4.78, 5) is 3.72. The lowest BCUT2D eigenvalue weighted by Crippen LogP contribution is -1.97. The van der Waals surface area contributed by atoms with Gasteiger partial charge in [0.1, 0.15) is 10.8 Å². The van der Waals surface area contributed by atoms with Crippen molar-refractivity contribution in [3.05, 3.63) is 47.6 Å². The lowest BCUT2D eigenvalue weighted by molar-refractivity contribution is 0.462. The van der Waals surface area contributed by atoms with Gasteiger partial charge in [-0.05, 0) is 36.4 Å². The maximum absolute atomic E-state index is 10.8. The Morgan fingerprint density at radius 3 is 2.39 bits per heavy atom. The Kier molecular flexibility index (Phi) is 3.51. The molecule has 5 nitrogen and oxygen atoms in total. The zero-order chi connectivity index (χ0) is 13.2. The van der Waals surface area contributed by atoms with E-state index in [4.69, 9.17) is 20.9 Å². The molecule has 7 heteroatoms. The van der Waals surface area contributed by atoms with Gasteiger partial charge < -0.3 is 4.74 Å². The Hall–Kier alpha value is -1.63. The monoisotopic (exact) mass is 285 g/mol. The lowest BCUT2D eigenvalue weighted by Gasteiger charge is -2.06. The van der Waals surface area contributed by atoms with Gasteiger partial charge in [-0.1, -0.05) is 11.6 Å². The van der Waals surface area contributed by atoms with Crippen LogP contribution in [0.3, 0.4) is 0 Å². The molecule has 0 atom stereocenters. The van der Waals surface area contributed by atoms with Gasteiger partial charge in [0.25, 0.3) is 10.1 Å². The summed E-state index contributed by atoms with van der Waals surface area (Å²) in [6, 6.07) is 8.53. The van der Waals surface area contributed by atoms with E-state index >= 15 is 0 Å². The number of aromatic nitrogens is 1. The molecule has 0 saturated carbocycles. The van der Waals surface area contributed by atoms with Crippen LogP contribution >= 0.6 is 11.6 Å². The van der Waals surface area contributed by atoms with E-state index in [-0.39, 0.29) is 10.8 Å². The predicted octanol–water partition coefficient (Wildman–Crippen LogP) is 2.77. The highest BCUT2D eigenvalue weighted by Gasteiger charge is 2.09. The van der Waals surface area contributed by atoms with Gasteiger partial charge in [0, 0.05) is 6.20 Å². The fourth-order valence-corrected chi connectivity index (χ4v) is 1.88. The molecule has 1 heterocycles. The molecular formula is C11H8ClNO4S. The lowest BCUT2D eigenvalue weighted by atomic mass is 10.3. The first-order valence-electron chi connectivity index (χ1n) is 4.83. The molecular weight excluding hydrogens is 278 g/mol. The molecule has 0 aliphatic heterocycles. The first-order valence-corrected chi connectivity index (χ1v) is 6.64. The van der Waals surface area contributed by atoms with Crippen LogP contribution < -0.4 is 4.74 Å². The standard InChI is InChI=1S/C11H8ClNO4S/c12-10-2-1-7-13-11(10)17-8-3-5-9(6-4-8)18(14,15)16/h1-7H,(H,14,15,16). The fraction of sp³-hybridized carbons (Fsp3) is 0. The summed E-state index contributed by atoms with van der Waals surface area (Å²) in [5.41, 5.74) is 0. The number of hydrogen-bond acceptors (Lipinski definition) is 4. The van der Waals surface area contributed by atoms with E-state index in [1.54, 1.807) is 12.1 Å². The van der Waals surface area contributed by atoms with E-state index in [0.717, 1.165) is 0 Å². The molecule has 0 saturated heterocycles. The van der Waals surface area contributed by atoms with Crippen LogP contribution in [0.4, 0.5) is 0 Å². The number of ether oxygens (including phenoxy) is 1. The van der Waals surface area contributed by atoms with Gasteiger partial charge in [0.2, 0.25) is 5.88 Å². The van der Waals surface area contributed by atoms with Crippen molar-refractivity contribution in [2.24, 2.45) is 0 Å². The summed E-state index contributed by atoms with van der Waals surface area (Å²) in [6.07, 6.45) is 1.52. The van der Waals surface area contributed by atoms with E-state index < -0.39 is 10.1 Å². The quantitative estimate of drug-likeness (QED) is 0.878. The molecule has 1 aromatic carbocycles. The van der Waals surface area contributed by atoms with Crippen LogP contribution in [0.25, 0.3) is 0 Å². The highest BCUT2D eigenvalue weighted by molar-refractivity contribution is 7.85. The van der Waals surface area contributed by atoms with Crippen LogP contribution in [0.5, 0.6) is 11.6 Å². The van der Waals surface area contributed by atoms with Gasteiger partial charge >= 0.3 is 0 Å². The van der Waals surface area contributed by atoms with Gasteiger partial charge in [-0.2, -0.15) is 8.42 Å². The zero-order valence-corrected chi connectivity index (χ0v) is 10.5. The maximum atomic E-state index is 10.8. The molecule has 0 unspecified atom stereocenters. The Balaban J connectivity index is 2.24. The molecule has 0 radical (unpaired) electrons. The second kappa shape index (κ2) is 4.93. The van der Waals surface area contributed by atoms with Gasteiger partial charge in [0.05, 0.1) is 4.90 Å². The SMILES string of the molecule is O=S(=O)(O)c1ccc(Oc2ncccc2Cl)cc1. The molecule has 94 valence electrons. The second-order valence-corrected chi connectivity index (χ2v) is 5.17. The third-order valence-corrected chi connectivity index (χ3v) is 3.22. The van der Waals surface area contributed by atoms with E-state index in [1.807, 2.05) is 0 Å². The first-order chi connectivity index (χ1) is 8.47. The summed E-state index contributed by atoms with van der Waals surface area (Å²) >= 11 is 5.85. The second-order valence-electron chi connectivity index (χ2n) is 3.34. The molecule has 1 aromatic heterocycles. The molecule has 18 heavy (non-hydrogen) atoms. The van der Waals surface area contributed by atoms with E-state index in [9.17, 15) is 8.42 Å². The molecule has 2 rings (SSSR count). The Morgan fingerprint density at radius 2 is 1.83 bits per heavy atom. The number of hydrogen-bond donors (Lipinski definition) is 1. The molecule has 0 aliphatic rings. The number of rotatable bonds is 3. The third kappa shape index (κ3) is 2.98. The van der Waals surface area contributed by atoms with Crippen molar-refractivity contribution in [1.82, 2.24) is 4.98 Å². The van der Waals surface area contributed by atoms with Crippen LogP contribution in [-0.2, 0) is 10.1 Å². The van der Waals surface area contributed by atoms with Crippen molar-refractivity contribution in [3.63, 3.8) is 0 Å². The summed E-state index contributed by atoms with van der Waals surface area (Å²) in [5.74, 6) is 0.585. The van der Waals surface area contributed by atoms with Gasteiger partial charge in [-0.3, -0.25) is 4.55 Å². The first kappa shape index (κ1) is 12.8. The fourth-order valence-electron chi connectivity index (χ4n) is 1.24. The highest BCUT2D eigenvalue weighted by Crippen LogP contribution is 2.26. The number of halogens is 1. The zero-order valence-electron chi connectivity index (χ0n) is 8.95. The summed E-state index contributed by atoms with van der Waals surface area (Å²) < 4.78 is 35.8. The molecule has 0 amide bonds. The van der Waals surface area contributed by atoms with E-state index in [0.29, 0.717) is 10.8 Å². The summed E-state index contributed by atoms with van der Waals surface area (Å²) in [5, 5.41) is 0.344. The minimum atomic E-state index is -4.20. The van der Waals surface area contributed by atoms with Crippen molar-refractivity contribution in [2.75, 3.05) is 0 Å². The van der Waals surface area contributed by atoms with Crippen LogP contribution in [0, 0.1) is 0 Å². The molecule has 0 spiro atoms. The van der Waals surface area contributed by atoms with Crippen LogP contribution in [-0.4, -0.2) is 18.0 Å².